The van der Waals surface area contributed by atoms with Crippen LogP contribution in [0.25, 0.3) is 10.9 Å². The summed E-state index contributed by atoms with van der Waals surface area (Å²) in [6.45, 7) is 7.48. The molecular weight excluding hydrogens is 757 g/mol. The fraction of sp³-hybridized carbons (Fsp3) is 0.463. The molecule has 6 heterocycles. The van der Waals surface area contributed by atoms with Crippen molar-refractivity contribution in [1.29, 1.82) is 0 Å². The number of nitrogens with zero attached hydrogens (tertiary/aromatic N) is 6. The van der Waals surface area contributed by atoms with Crippen LogP contribution in [0.3, 0.4) is 0 Å². The number of imide groups is 1. The number of fused-ring (bicyclic) bond motifs is 2. The van der Waals surface area contributed by atoms with Gasteiger partial charge in [0.05, 0.1) is 34.3 Å². The quantitative estimate of drug-likeness (QED) is 0.184. The van der Waals surface area contributed by atoms with Crippen molar-refractivity contribution >= 4 is 45.9 Å². The molecule has 4 N–H and O–H groups in total. The summed E-state index contributed by atoms with van der Waals surface area (Å²) in [6.07, 6.45) is -0.0660. The van der Waals surface area contributed by atoms with E-state index >= 15 is 0 Å². The van der Waals surface area contributed by atoms with Crippen LogP contribution < -0.4 is 15.5 Å². The summed E-state index contributed by atoms with van der Waals surface area (Å²) in [7, 11) is 0. The topological polar surface area (TPSA) is 173 Å². The fourth-order valence-corrected chi connectivity index (χ4v) is 8.68. The van der Waals surface area contributed by atoms with Crippen molar-refractivity contribution in [1.82, 2.24) is 29.9 Å². The molecule has 0 aliphatic carbocycles. The van der Waals surface area contributed by atoms with E-state index < -0.39 is 53.2 Å². The van der Waals surface area contributed by atoms with Crippen LogP contribution in [-0.4, -0.2) is 103 Å². The molecule has 2 atom stereocenters. The number of anilines is 2. The van der Waals surface area contributed by atoms with Gasteiger partial charge < -0.3 is 30.6 Å². The van der Waals surface area contributed by atoms with Crippen molar-refractivity contribution in [2.45, 2.75) is 82.5 Å². The minimum Gasteiger partial charge on any atom is -0.386 e. The number of carbonyl (C=O) groups excluding carboxylic acids is 4. The van der Waals surface area contributed by atoms with Crippen molar-refractivity contribution in [3.8, 4) is 0 Å². The average molecular weight is 803 g/mol. The Kier molecular flexibility index (Phi) is 10.3. The molecule has 4 aromatic rings. The highest BCUT2D eigenvalue weighted by Gasteiger charge is 2.45. The second-order valence-corrected chi connectivity index (χ2v) is 16.3. The Labute approximate surface area is 332 Å². The summed E-state index contributed by atoms with van der Waals surface area (Å²) in [6, 6.07) is 11.2. The predicted molar refractivity (Wildman–Crippen MR) is 206 cm³/mol. The van der Waals surface area contributed by atoms with Crippen LogP contribution in [0.5, 0.6) is 0 Å². The summed E-state index contributed by atoms with van der Waals surface area (Å²) in [5, 5.41) is 32.0. The number of benzene rings is 2. The van der Waals surface area contributed by atoms with Crippen LogP contribution in [-0.2, 0) is 16.6 Å². The molecule has 0 spiro atoms. The average Bonchev–Trinajstić information content (AvgIpc) is 3.71. The number of piperidine rings is 3. The number of amides is 4. The standard InChI is InChI=1S/C41H45F3N8O6/c1-40(2,58)29-20-31-24(18-32(29)46-36(54)30-4-3-5-34(45-30)41(42,43)44)22-51(48-31)25-12-14-49(15-13-25)21-23-10-16-50(17-11-23)26-6-7-27-28(19-26)39(57)52(38(27)56)33-8-9-35(53)47-37(33)55/h3-7,18-20,22-23,25,33,37,55,58H,8-17,21H2,1-2H3,(H,46,54)(H,47,53). The van der Waals surface area contributed by atoms with Crippen LogP contribution in [0.4, 0.5) is 24.5 Å². The zero-order valence-corrected chi connectivity index (χ0v) is 32.1. The van der Waals surface area contributed by atoms with Gasteiger partial charge in [0, 0.05) is 67.7 Å². The van der Waals surface area contributed by atoms with E-state index in [0.717, 1.165) is 81.1 Å². The SMILES string of the molecule is CC(C)(O)c1cc2nn(C3CCN(CC4CCN(c5ccc6c(c5)C(=O)N(C5CCC(=O)NC5O)C6=O)CC4)CC3)cc2cc1NC(=O)c1cccc(C(F)(F)F)n1. The molecule has 306 valence electrons. The lowest BCUT2D eigenvalue weighted by molar-refractivity contribution is -0.141. The number of halogens is 3. The second-order valence-electron chi connectivity index (χ2n) is 16.3. The zero-order valence-electron chi connectivity index (χ0n) is 32.1. The third-order valence-electron chi connectivity index (χ3n) is 11.8. The third-order valence-corrected chi connectivity index (χ3v) is 11.8. The first kappa shape index (κ1) is 39.4. The Balaban J connectivity index is 0.862. The number of hydrogen-bond donors (Lipinski definition) is 4. The first-order chi connectivity index (χ1) is 27.5. The van der Waals surface area contributed by atoms with E-state index in [1.54, 1.807) is 38.1 Å². The van der Waals surface area contributed by atoms with Crippen LogP contribution in [0.1, 0.15) is 101 Å². The van der Waals surface area contributed by atoms with Gasteiger partial charge in [0.2, 0.25) is 5.91 Å². The number of aromatic nitrogens is 3. The molecule has 0 radical (unpaired) electrons. The first-order valence-electron chi connectivity index (χ1n) is 19.6. The maximum atomic E-state index is 13.4. The van der Waals surface area contributed by atoms with E-state index in [1.165, 1.54) is 6.07 Å². The van der Waals surface area contributed by atoms with E-state index in [2.05, 4.69) is 25.4 Å². The van der Waals surface area contributed by atoms with Crippen LogP contribution in [0.15, 0.2) is 54.7 Å². The summed E-state index contributed by atoms with van der Waals surface area (Å²) in [4.78, 5) is 60.6. The van der Waals surface area contributed by atoms with Crippen LogP contribution in [0, 0.1) is 5.92 Å². The molecule has 58 heavy (non-hydrogen) atoms. The van der Waals surface area contributed by atoms with Gasteiger partial charge in [-0.3, -0.25) is 28.8 Å². The van der Waals surface area contributed by atoms with Gasteiger partial charge in [-0.25, -0.2) is 4.98 Å². The summed E-state index contributed by atoms with van der Waals surface area (Å²) in [5.74, 6) is -1.56. The number of pyridine rings is 1. The Bertz CT molecular complexity index is 2270. The molecule has 0 bridgehead atoms. The number of aliphatic hydroxyl groups excluding tert-OH is 1. The van der Waals surface area contributed by atoms with Crippen LogP contribution >= 0.6 is 0 Å². The number of likely N-dealkylation sites (tertiary alicyclic amines) is 1. The van der Waals surface area contributed by atoms with Gasteiger partial charge in [0.1, 0.15) is 17.6 Å². The van der Waals surface area contributed by atoms with Crippen molar-refractivity contribution in [2.75, 3.05) is 42.9 Å². The summed E-state index contributed by atoms with van der Waals surface area (Å²) in [5.41, 5.74) is -0.224. The number of aliphatic hydroxyl groups is 2. The molecule has 2 aromatic carbocycles. The first-order valence-corrected chi connectivity index (χ1v) is 19.6. The number of carbonyl (C=O) groups is 4. The molecule has 2 aromatic heterocycles. The van der Waals surface area contributed by atoms with Crippen molar-refractivity contribution in [2.24, 2.45) is 5.92 Å². The molecule has 8 rings (SSSR count). The van der Waals surface area contributed by atoms with Gasteiger partial charge >= 0.3 is 6.18 Å². The number of rotatable bonds is 8. The van der Waals surface area contributed by atoms with Crippen molar-refractivity contribution in [3.63, 3.8) is 0 Å². The van der Waals surface area contributed by atoms with Crippen molar-refractivity contribution < 1.29 is 42.6 Å². The van der Waals surface area contributed by atoms with E-state index in [1.807, 2.05) is 16.9 Å². The van der Waals surface area contributed by atoms with E-state index in [9.17, 15) is 42.6 Å². The Morgan fingerprint density at radius 3 is 2.34 bits per heavy atom. The monoisotopic (exact) mass is 802 g/mol. The highest BCUT2D eigenvalue weighted by atomic mass is 19.4. The molecule has 3 fully saturated rings. The van der Waals surface area contributed by atoms with Crippen LogP contribution in [0.2, 0.25) is 0 Å². The third kappa shape index (κ3) is 7.77. The minimum atomic E-state index is -4.70. The van der Waals surface area contributed by atoms with E-state index in [0.29, 0.717) is 33.5 Å². The Morgan fingerprint density at radius 2 is 1.66 bits per heavy atom. The maximum Gasteiger partial charge on any atom is 0.433 e. The molecule has 4 aliphatic heterocycles. The van der Waals surface area contributed by atoms with Gasteiger partial charge in [-0.15, -0.1) is 0 Å². The normalized spacial score (nSPS) is 21.5. The summed E-state index contributed by atoms with van der Waals surface area (Å²) < 4.78 is 41.7. The number of nitrogens with one attached hydrogen (secondary N) is 2. The molecular formula is C41H45F3N8O6. The Hall–Kier alpha value is -5.39. The van der Waals surface area contributed by atoms with Gasteiger partial charge in [-0.1, -0.05) is 6.07 Å². The molecule has 14 nitrogen and oxygen atoms in total. The largest absolute Gasteiger partial charge is 0.433 e. The number of hydrogen-bond acceptors (Lipinski definition) is 10. The fourth-order valence-electron chi connectivity index (χ4n) is 8.68. The predicted octanol–water partition coefficient (Wildman–Crippen LogP) is 4.68. The van der Waals surface area contributed by atoms with Gasteiger partial charge in [-0.05, 0) is 94.3 Å². The summed E-state index contributed by atoms with van der Waals surface area (Å²) >= 11 is 0. The van der Waals surface area contributed by atoms with E-state index in [-0.39, 0.29) is 30.5 Å². The van der Waals surface area contributed by atoms with E-state index in [4.69, 9.17) is 5.10 Å². The van der Waals surface area contributed by atoms with Gasteiger partial charge in [0.15, 0.2) is 0 Å². The molecule has 0 saturated carbocycles. The zero-order chi connectivity index (χ0) is 41.1. The minimum absolute atomic E-state index is 0.129. The molecule has 2 unspecified atom stereocenters. The smallest absolute Gasteiger partial charge is 0.386 e. The lowest BCUT2D eigenvalue weighted by Crippen LogP contribution is -2.57. The van der Waals surface area contributed by atoms with Crippen molar-refractivity contribution in [3.05, 3.63) is 82.8 Å². The molecule has 4 aliphatic rings. The highest BCUT2D eigenvalue weighted by molar-refractivity contribution is 6.22. The second kappa shape index (κ2) is 15.1. The molecule has 4 amide bonds. The lowest BCUT2D eigenvalue weighted by Gasteiger charge is -2.38. The number of alkyl halides is 3. The van der Waals surface area contributed by atoms with Gasteiger partial charge in [0.25, 0.3) is 17.7 Å². The Morgan fingerprint density at radius 1 is 0.931 bits per heavy atom. The highest BCUT2D eigenvalue weighted by Crippen LogP contribution is 2.36. The maximum absolute atomic E-state index is 13.4. The lowest BCUT2D eigenvalue weighted by atomic mass is 9.94. The molecule has 3 saturated heterocycles. The van der Waals surface area contributed by atoms with Gasteiger partial charge in [-0.2, -0.15) is 18.3 Å². The molecule has 17 heteroatoms.